The van der Waals surface area contributed by atoms with E-state index in [1.54, 1.807) is 5.56 Å². The lowest BCUT2D eigenvalue weighted by molar-refractivity contribution is 0.140. The number of fused-ring (bicyclic) bond motifs is 1. The minimum absolute atomic E-state index is 0.711. The van der Waals surface area contributed by atoms with Gasteiger partial charge in [-0.15, -0.1) is 0 Å². The molecule has 1 fully saturated rings. The maximum atomic E-state index is 3.61. The van der Waals surface area contributed by atoms with Gasteiger partial charge in [-0.1, -0.05) is 24.3 Å². The van der Waals surface area contributed by atoms with Crippen LogP contribution in [0.15, 0.2) is 24.3 Å². The van der Waals surface area contributed by atoms with Crippen LogP contribution in [0.3, 0.4) is 0 Å². The summed E-state index contributed by atoms with van der Waals surface area (Å²) in [5.74, 6) is 0. The summed E-state index contributed by atoms with van der Waals surface area (Å²) in [6.45, 7) is 5.85. The molecule has 2 heteroatoms. The molecule has 2 unspecified atom stereocenters. The first-order valence-electron chi connectivity index (χ1n) is 6.87. The molecular weight excluding hydrogens is 208 g/mol. The molecule has 0 spiro atoms. The third-order valence-corrected chi connectivity index (χ3v) is 4.31. The molecule has 1 saturated heterocycles. The second-order valence-corrected chi connectivity index (χ2v) is 5.53. The van der Waals surface area contributed by atoms with Crippen LogP contribution in [0, 0.1) is 0 Å². The summed E-state index contributed by atoms with van der Waals surface area (Å²) >= 11 is 0. The van der Waals surface area contributed by atoms with Gasteiger partial charge in [0.2, 0.25) is 0 Å². The minimum atomic E-state index is 0.711. The average Bonchev–Trinajstić information content (AvgIpc) is 2.39. The number of hydrogen-bond donors (Lipinski definition) is 1. The molecule has 3 rings (SSSR count). The second kappa shape index (κ2) is 4.79. The lowest BCUT2D eigenvalue weighted by Gasteiger charge is -2.39. The van der Waals surface area contributed by atoms with Crippen LogP contribution in [0.1, 0.15) is 30.9 Å². The van der Waals surface area contributed by atoms with E-state index >= 15 is 0 Å². The largest absolute Gasteiger partial charge is 0.313 e. The van der Waals surface area contributed by atoms with Gasteiger partial charge in [0.15, 0.2) is 0 Å². The second-order valence-electron chi connectivity index (χ2n) is 5.53. The molecule has 2 aliphatic rings. The Morgan fingerprint density at radius 1 is 1.18 bits per heavy atom. The quantitative estimate of drug-likeness (QED) is 0.795. The van der Waals surface area contributed by atoms with Gasteiger partial charge in [-0.2, -0.15) is 0 Å². The number of rotatable bonds is 1. The van der Waals surface area contributed by atoms with E-state index in [2.05, 4.69) is 41.4 Å². The zero-order valence-electron chi connectivity index (χ0n) is 10.7. The fraction of sp³-hybridized carbons (Fsp3) is 0.600. The van der Waals surface area contributed by atoms with E-state index < -0.39 is 0 Å². The number of hydrogen-bond acceptors (Lipinski definition) is 2. The van der Waals surface area contributed by atoms with E-state index in [0.29, 0.717) is 6.04 Å². The molecule has 2 atom stereocenters. The molecule has 2 heterocycles. The van der Waals surface area contributed by atoms with Gasteiger partial charge in [-0.3, -0.25) is 4.90 Å². The van der Waals surface area contributed by atoms with Crippen LogP contribution >= 0.6 is 0 Å². The number of nitrogens with one attached hydrogen (secondary N) is 1. The molecule has 2 aliphatic heterocycles. The third kappa shape index (κ3) is 2.38. The smallest absolute Gasteiger partial charge is 0.0240 e. The molecule has 0 bridgehead atoms. The molecule has 17 heavy (non-hydrogen) atoms. The number of piperidine rings is 1. The van der Waals surface area contributed by atoms with Crippen LogP contribution < -0.4 is 5.32 Å². The fourth-order valence-corrected chi connectivity index (χ4v) is 3.12. The van der Waals surface area contributed by atoms with E-state index in [1.165, 1.54) is 37.9 Å². The first kappa shape index (κ1) is 11.2. The van der Waals surface area contributed by atoms with Gasteiger partial charge in [-0.25, -0.2) is 0 Å². The SMILES string of the molecule is CC1CCC(N2CCc3ccccc3C2)CN1. The van der Waals surface area contributed by atoms with Crippen molar-refractivity contribution in [3.05, 3.63) is 35.4 Å². The monoisotopic (exact) mass is 230 g/mol. The summed E-state index contributed by atoms with van der Waals surface area (Å²) in [7, 11) is 0. The van der Waals surface area contributed by atoms with E-state index in [-0.39, 0.29) is 0 Å². The van der Waals surface area contributed by atoms with Crippen molar-refractivity contribution < 1.29 is 0 Å². The highest BCUT2D eigenvalue weighted by Crippen LogP contribution is 2.23. The van der Waals surface area contributed by atoms with E-state index in [9.17, 15) is 0 Å². The predicted molar refractivity (Wildman–Crippen MR) is 71.0 cm³/mol. The van der Waals surface area contributed by atoms with Crippen LogP contribution in [0.4, 0.5) is 0 Å². The van der Waals surface area contributed by atoms with E-state index in [1.807, 2.05) is 0 Å². The maximum Gasteiger partial charge on any atom is 0.0240 e. The zero-order chi connectivity index (χ0) is 11.7. The summed E-state index contributed by atoms with van der Waals surface area (Å²) in [5, 5.41) is 3.61. The van der Waals surface area contributed by atoms with Gasteiger partial charge in [0.05, 0.1) is 0 Å². The molecule has 1 N–H and O–H groups in total. The molecule has 92 valence electrons. The van der Waals surface area contributed by atoms with Crippen molar-refractivity contribution in [1.29, 1.82) is 0 Å². The van der Waals surface area contributed by atoms with Gasteiger partial charge in [0, 0.05) is 31.7 Å². The van der Waals surface area contributed by atoms with E-state index in [4.69, 9.17) is 0 Å². The molecule has 0 aromatic heterocycles. The van der Waals surface area contributed by atoms with Crippen LogP contribution in [-0.4, -0.2) is 30.1 Å². The first-order valence-corrected chi connectivity index (χ1v) is 6.87. The van der Waals surface area contributed by atoms with Crippen molar-refractivity contribution in [3.8, 4) is 0 Å². The highest BCUT2D eigenvalue weighted by Gasteiger charge is 2.26. The predicted octanol–water partition coefficient (Wildman–Crippen LogP) is 2.19. The zero-order valence-corrected chi connectivity index (χ0v) is 10.7. The molecule has 0 aliphatic carbocycles. The molecular formula is C15H22N2. The van der Waals surface area contributed by atoms with Gasteiger partial charge >= 0.3 is 0 Å². The number of nitrogens with zero attached hydrogens (tertiary/aromatic N) is 1. The van der Waals surface area contributed by atoms with Gasteiger partial charge in [0.25, 0.3) is 0 Å². The average molecular weight is 230 g/mol. The Kier molecular flexibility index (Phi) is 3.17. The molecule has 1 aromatic carbocycles. The van der Waals surface area contributed by atoms with Crippen molar-refractivity contribution in [2.75, 3.05) is 13.1 Å². The topological polar surface area (TPSA) is 15.3 Å². The standard InChI is InChI=1S/C15H22N2/c1-12-6-7-15(10-16-12)17-9-8-13-4-2-3-5-14(13)11-17/h2-5,12,15-16H,6-11H2,1H3. The summed E-state index contributed by atoms with van der Waals surface area (Å²) < 4.78 is 0. The molecule has 0 saturated carbocycles. The summed E-state index contributed by atoms with van der Waals surface area (Å²) in [6, 6.07) is 10.4. The number of benzene rings is 1. The Bertz CT molecular complexity index is 380. The van der Waals surface area contributed by atoms with Crippen LogP contribution in [-0.2, 0) is 13.0 Å². The van der Waals surface area contributed by atoms with Crippen LogP contribution in [0.5, 0.6) is 0 Å². The summed E-state index contributed by atoms with van der Waals surface area (Å²) in [5.41, 5.74) is 3.10. The lowest BCUT2D eigenvalue weighted by Crippen LogP contribution is -2.50. The lowest BCUT2D eigenvalue weighted by atomic mass is 9.95. The maximum absolute atomic E-state index is 3.61. The molecule has 0 radical (unpaired) electrons. The van der Waals surface area contributed by atoms with Crippen LogP contribution in [0.25, 0.3) is 0 Å². The molecule has 1 aromatic rings. The Hall–Kier alpha value is -0.860. The van der Waals surface area contributed by atoms with Crippen molar-refractivity contribution in [3.63, 3.8) is 0 Å². The Morgan fingerprint density at radius 2 is 2.00 bits per heavy atom. The van der Waals surface area contributed by atoms with Crippen LogP contribution in [0.2, 0.25) is 0 Å². The Balaban J connectivity index is 1.68. The van der Waals surface area contributed by atoms with Crippen molar-refractivity contribution in [2.24, 2.45) is 0 Å². The highest BCUT2D eigenvalue weighted by atomic mass is 15.2. The van der Waals surface area contributed by atoms with Crippen molar-refractivity contribution in [1.82, 2.24) is 10.2 Å². The van der Waals surface area contributed by atoms with Gasteiger partial charge < -0.3 is 5.32 Å². The molecule has 0 amide bonds. The summed E-state index contributed by atoms with van der Waals surface area (Å²) in [4.78, 5) is 2.67. The Labute approximate surface area is 104 Å². The fourth-order valence-electron chi connectivity index (χ4n) is 3.12. The van der Waals surface area contributed by atoms with Gasteiger partial charge in [0.1, 0.15) is 0 Å². The van der Waals surface area contributed by atoms with Crippen molar-refractivity contribution >= 4 is 0 Å². The summed E-state index contributed by atoms with van der Waals surface area (Å²) in [6.07, 6.45) is 3.90. The van der Waals surface area contributed by atoms with Crippen molar-refractivity contribution in [2.45, 2.75) is 44.8 Å². The first-order chi connectivity index (χ1) is 8.33. The van der Waals surface area contributed by atoms with Gasteiger partial charge in [-0.05, 0) is 37.3 Å². The molecule has 2 nitrogen and oxygen atoms in total. The normalized spacial score (nSPS) is 29.9. The minimum Gasteiger partial charge on any atom is -0.313 e. The highest BCUT2D eigenvalue weighted by molar-refractivity contribution is 5.29. The Morgan fingerprint density at radius 3 is 2.76 bits per heavy atom. The van der Waals surface area contributed by atoms with E-state index in [0.717, 1.165) is 12.6 Å². The third-order valence-electron chi connectivity index (χ3n) is 4.31.